The van der Waals surface area contributed by atoms with Gasteiger partial charge in [-0.2, -0.15) is 0 Å². The van der Waals surface area contributed by atoms with Crippen molar-refractivity contribution in [3.8, 4) is 0 Å². The van der Waals surface area contributed by atoms with Gasteiger partial charge in [0, 0.05) is 25.3 Å². The maximum atomic E-state index is 12.3. The summed E-state index contributed by atoms with van der Waals surface area (Å²) in [5.74, 6) is 0.203. The predicted molar refractivity (Wildman–Crippen MR) is 92.1 cm³/mol. The molecule has 0 aromatic rings. The van der Waals surface area contributed by atoms with Crippen molar-refractivity contribution in [1.82, 2.24) is 10.6 Å². The Morgan fingerprint density at radius 3 is 2.33 bits per heavy atom. The number of amides is 2. The van der Waals surface area contributed by atoms with E-state index < -0.39 is 6.04 Å². The Kier molecular flexibility index (Phi) is 8.22. The number of nitrogens with one attached hydrogen (secondary N) is 2. The molecule has 0 bridgehead atoms. The smallest absolute Gasteiger partial charge is 0.302 e. The molecule has 6 nitrogen and oxygen atoms in total. The third-order valence-corrected chi connectivity index (χ3v) is 4.12. The van der Waals surface area contributed by atoms with E-state index in [0.717, 1.165) is 6.42 Å². The number of carbonyl (C=O) groups excluding carboxylic acids is 3. The first-order valence-electron chi connectivity index (χ1n) is 8.92. The van der Waals surface area contributed by atoms with E-state index in [0.29, 0.717) is 31.2 Å². The fourth-order valence-electron chi connectivity index (χ4n) is 2.57. The van der Waals surface area contributed by atoms with Crippen molar-refractivity contribution in [2.45, 2.75) is 59.9 Å². The van der Waals surface area contributed by atoms with Crippen LogP contribution in [0, 0.1) is 23.7 Å². The first-order chi connectivity index (χ1) is 11.2. The van der Waals surface area contributed by atoms with Crippen molar-refractivity contribution in [3.63, 3.8) is 0 Å². The van der Waals surface area contributed by atoms with Gasteiger partial charge in [0.25, 0.3) is 0 Å². The summed E-state index contributed by atoms with van der Waals surface area (Å²) in [7, 11) is 0. The monoisotopic (exact) mass is 340 g/mol. The molecule has 0 heterocycles. The average Bonchev–Trinajstić information content (AvgIpc) is 3.23. The highest BCUT2D eigenvalue weighted by Gasteiger charge is 2.44. The van der Waals surface area contributed by atoms with Crippen LogP contribution >= 0.6 is 0 Å². The number of hydrogen-bond donors (Lipinski definition) is 2. The van der Waals surface area contributed by atoms with Crippen LogP contribution in [0.15, 0.2) is 0 Å². The molecular formula is C18H32N2O4. The number of rotatable bonds is 10. The van der Waals surface area contributed by atoms with Gasteiger partial charge in [-0.15, -0.1) is 0 Å². The van der Waals surface area contributed by atoms with Crippen LogP contribution in [0.5, 0.6) is 0 Å². The molecule has 0 spiro atoms. The van der Waals surface area contributed by atoms with Gasteiger partial charge in [-0.05, 0) is 31.1 Å². The van der Waals surface area contributed by atoms with Gasteiger partial charge in [-0.25, -0.2) is 0 Å². The maximum absolute atomic E-state index is 12.3. The van der Waals surface area contributed by atoms with Gasteiger partial charge in [0.15, 0.2) is 0 Å². The zero-order valence-electron chi connectivity index (χ0n) is 15.6. The van der Waals surface area contributed by atoms with Crippen LogP contribution < -0.4 is 10.6 Å². The molecule has 1 saturated carbocycles. The summed E-state index contributed by atoms with van der Waals surface area (Å²) in [5.41, 5.74) is 0. The van der Waals surface area contributed by atoms with E-state index in [1.807, 2.05) is 13.8 Å². The first kappa shape index (κ1) is 20.5. The molecule has 0 saturated heterocycles. The van der Waals surface area contributed by atoms with E-state index in [2.05, 4.69) is 24.5 Å². The van der Waals surface area contributed by atoms with Crippen LogP contribution in [0.25, 0.3) is 0 Å². The van der Waals surface area contributed by atoms with Gasteiger partial charge in [-0.3, -0.25) is 14.4 Å². The summed E-state index contributed by atoms with van der Waals surface area (Å²) in [6.45, 7) is 10.5. The zero-order valence-corrected chi connectivity index (χ0v) is 15.6. The van der Waals surface area contributed by atoms with Crippen LogP contribution in [-0.4, -0.2) is 37.0 Å². The second-order valence-corrected chi connectivity index (χ2v) is 7.57. The lowest BCUT2D eigenvalue weighted by Crippen LogP contribution is -2.48. The largest absolute Gasteiger partial charge is 0.466 e. The summed E-state index contributed by atoms with van der Waals surface area (Å²) >= 11 is 0. The molecule has 1 aliphatic rings. The summed E-state index contributed by atoms with van der Waals surface area (Å²) in [5, 5.41) is 5.79. The van der Waals surface area contributed by atoms with E-state index in [9.17, 15) is 14.4 Å². The Morgan fingerprint density at radius 2 is 1.79 bits per heavy atom. The van der Waals surface area contributed by atoms with E-state index >= 15 is 0 Å². The van der Waals surface area contributed by atoms with Gasteiger partial charge in [0.05, 0.1) is 6.61 Å². The van der Waals surface area contributed by atoms with Crippen molar-refractivity contribution in [2.24, 2.45) is 23.7 Å². The Hall–Kier alpha value is -1.59. The first-order valence-corrected chi connectivity index (χ1v) is 8.92. The van der Waals surface area contributed by atoms with Crippen LogP contribution in [0.2, 0.25) is 0 Å². The Labute approximate surface area is 145 Å². The molecule has 0 aromatic heterocycles. The van der Waals surface area contributed by atoms with Gasteiger partial charge in [0.2, 0.25) is 11.8 Å². The van der Waals surface area contributed by atoms with Crippen LogP contribution in [0.3, 0.4) is 0 Å². The molecular weight excluding hydrogens is 308 g/mol. The molecule has 3 atom stereocenters. The fraction of sp³-hybridized carbons (Fsp3) is 0.833. The SMILES string of the molecule is CC(=O)OC[C@H]1C[C@@H]1C(=O)N[C@@H](CC(C)C)C(=O)NCCC(C)C. The van der Waals surface area contributed by atoms with Crippen LogP contribution in [0.1, 0.15) is 53.9 Å². The summed E-state index contributed by atoms with van der Waals surface area (Å²) in [6, 6.07) is -0.500. The Morgan fingerprint density at radius 1 is 1.12 bits per heavy atom. The third kappa shape index (κ3) is 7.79. The molecule has 1 aliphatic carbocycles. The highest BCUT2D eigenvalue weighted by molar-refractivity contribution is 5.89. The maximum Gasteiger partial charge on any atom is 0.302 e. The van der Waals surface area contributed by atoms with Gasteiger partial charge in [-0.1, -0.05) is 27.7 Å². The highest BCUT2D eigenvalue weighted by atomic mass is 16.5. The second kappa shape index (κ2) is 9.64. The molecule has 0 radical (unpaired) electrons. The topological polar surface area (TPSA) is 84.5 Å². The Balaban J connectivity index is 2.46. The minimum Gasteiger partial charge on any atom is -0.466 e. The minimum atomic E-state index is -0.500. The quantitative estimate of drug-likeness (QED) is 0.595. The van der Waals surface area contributed by atoms with Crippen molar-refractivity contribution in [2.75, 3.05) is 13.2 Å². The standard InChI is InChI=1S/C18H32N2O4/c1-11(2)6-7-19-18(23)16(8-12(3)4)20-17(22)15-9-14(15)10-24-13(5)21/h11-12,14-16H,6-10H2,1-5H3,(H,19,23)(H,20,22)/t14-,15+,16+/m1/s1. The second-order valence-electron chi connectivity index (χ2n) is 7.57. The van der Waals surface area contributed by atoms with Crippen molar-refractivity contribution in [1.29, 1.82) is 0 Å². The minimum absolute atomic E-state index is 0.0811. The number of hydrogen-bond acceptors (Lipinski definition) is 4. The predicted octanol–water partition coefficient (Wildman–Crippen LogP) is 1.88. The molecule has 6 heteroatoms. The summed E-state index contributed by atoms with van der Waals surface area (Å²) < 4.78 is 4.94. The molecule has 1 fully saturated rings. The lowest BCUT2D eigenvalue weighted by Gasteiger charge is -2.20. The van der Waals surface area contributed by atoms with E-state index in [4.69, 9.17) is 4.74 Å². The van der Waals surface area contributed by atoms with Crippen molar-refractivity contribution < 1.29 is 19.1 Å². The molecule has 0 aliphatic heterocycles. The van der Waals surface area contributed by atoms with Crippen LogP contribution in [-0.2, 0) is 19.1 Å². The van der Waals surface area contributed by atoms with E-state index in [1.54, 1.807) is 0 Å². The molecule has 138 valence electrons. The fourth-order valence-corrected chi connectivity index (χ4v) is 2.57. The summed E-state index contributed by atoms with van der Waals surface area (Å²) in [6.07, 6.45) is 2.24. The number of esters is 1. The molecule has 0 unspecified atom stereocenters. The van der Waals surface area contributed by atoms with Crippen molar-refractivity contribution >= 4 is 17.8 Å². The number of carbonyl (C=O) groups is 3. The highest BCUT2D eigenvalue weighted by Crippen LogP contribution is 2.38. The molecule has 1 rings (SSSR count). The Bertz CT molecular complexity index is 448. The van der Waals surface area contributed by atoms with Gasteiger partial charge in [0.1, 0.15) is 6.04 Å². The summed E-state index contributed by atoms with van der Waals surface area (Å²) in [4.78, 5) is 35.5. The average molecular weight is 340 g/mol. The number of ether oxygens (including phenoxy) is 1. The van der Waals surface area contributed by atoms with E-state index in [1.165, 1.54) is 6.92 Å². The zero-order chi connectivity index (χ0) is 18.3. The van der Waals surface area contributed by atoms with Gasteiger partial charge >= 0.3 is 5.97 Å². The molecule has 24 heavy (non-hydrogen) atoms. The lowest BCUT2D eigenvalue weighted by molar-refractivity contribution is -0.142. The van der Waals surface area contributed by atoms with Crippen LogP contribution in [0.4, 0.5) is 0 Å². The normalized spacial score (nSPS) is 20.6. The van der Waals surface area contributed by atoms with E-state index in [-0.39, 0.29) is 36.2 Å². The third-order valence-electron chi connectivity index (χ3n) is 4.12. The van der Waals surface area contributed by atoms with Gasteiger partial charge < -0.3 is 15.4 Å². The van der Waals surface area contributed by atoms with Crippen molar-refractivity contribution in [3.05, 3.63) is 0 Å². The molecule has 2 amide bonds. The molecule has 0 aromatic carbocycles. The lowest BCUT2D eigenvalue weighted by atomic mass is 10.0. The molecule has 2 N–H and O–H groups in total.